The molecule has 0 amide bonds. The first-order chi connectivity index (χ1) is 7.43. The van der Waals surface area contributed by atoms with Crippen LogP contribution in [0.4, 0.5) is 0 Å². The van der Waals surface area contributed by atoms with Crippen molar-refractivity contribution in [3.63, 3.8) is 0 Å². The number of Topliss-reactive ketones (excluding diaryl/α,β-unsaturated/α-hetero) is 2. The van der Waals surface area contributed by atoms with Gasteiger partial charge in [-0.3, -0.25) is 9.59 Å². The fourth-order valence-corrected chi connectivity index (χ4v) is 2.03. The van der Waals surface area contributed by atoms with E-state index in [1.165, 1.54) is 12.1 Å². The summed E-state index contributed by atoms with van der Waals surface area (Å²) < 4.78 is -0.171. The zero-order valence-corrected chi connectivity index (χ0v) is 9.83. The highest BCUT2D eigenvalue weighted by Crippen LogP contribution is 2.35. The summed E-state index contributed by atoms with van der Waals surface area (Å²) in [6, 6.07) is 2.91. The number of allylic oxidation sites excluding steroid dienone is 1. The molecule has 2 N–H and O–H groups in total. The van der Waals surface area contributed by atoms with Crippen molar-refractivity contribution in [1.82, 2.24) is 0 Å². The molecule has 82 valence electrons. The van der Waals surface area contributed by atoms with Gasteiger partial charge in [-0.25, -0.2) is 0 Å². The van der Waals surface area contributed by atoms with Gasteiger partial charge in [-0.05, 0) is 40.5 Å². The molecule has 0 bridgehead atoms. The Labute approximate surface area is 99.3 Å². The Hall–Kier alpha value is -1.62. The van der Waals surface area contributed by atoms with E-state index < -0.39 is 11.6 Å². The number of fused-ring (bicyclic) bond motifs is 1. The topological polar surface area (TPSA) is 74.6 Å². The van der Waals surface area contributed by atoms with Gasteiger partial charge in [-0.1, -0.05) is 0 Å². The highest BCUT2D eigenvalue weighted by molar-refractivity contribution is 9.12. The van der Waals surface area contributed by atoms with Gasteiger partial charge in [0.2, 0.25) is 11.6 Å². The van der Waals surface area contributed by atoms with Crippen molar-refractivity contribution >= 4 is 33.3 Å². The Bertz CT molecular complexity index is 557. The molecule has 0 fully saturated rings. The number of carbonyl (C=O) groups is 2. The number of aliphatic hydroxyl groups excluding tert-OH is 1. The van der Waals surface area contributed by atoms with E-state index in [-0.39, 0.29) is 27.1 Å². The second kappa shape index (κ2) is 3.45. The summed E-state index contributed by atoms with van der Waals surface area (Å²) in [7, 11) is 0. The maximum atomic E-state index is 11.6. The molecule has 4 nitrogen and oxygen atoms in total. The lowest BCUT2D eigenvalue weighted by molar-refractivity contribution is -0.111. The van der Waals surface area contributed by atoms with Crippen LogP contribution < -0.4 is 0 Å². The van der Waals surface area contributed by atoms with Crippen molar-refractivity contribution in [2.45, 2.75) is 6.92 Å². The molecule has 1 aliphatic rings. The summed E-state index contributed by atoms with van der Waals surface area (Å²) in [4.78, 5) is 23.0. The normalized spacial score (nSPS) is 15.4. The molecule has 0 aromatic heterocycles. The number of halogens is 1. The van der Waals surface area contributed by atoms with E-state index in [1.807, 2.05) is 0 Å². The molecule has 0 saturated heterocycles. The number of rotatable bonds is 0. The Morgan fingerprint density at radius 3 is 2.38 bits per heavy atom. The number of phenolic OH excluding ortho intramolecular Hbond substituents is 1. The first-order valence-corrected chi connectivity index (χ1v) is 5.24. The van der Waals surface area contributed by atoms with Gasteiger partial charge >= 0.3 is 0 Å². The molecule has 1 aromatic carbocycles. The summed E-state index contributed by atoms with van der Waals surface area (Å²) >= 11 is 2.86. The van der Waals surface area contributed by atoms with Crippen LogP contribution in [0.5, 0.6) is 5.75 Å². The van der Waals surface area contributed by atoms with Gasteiger partial charge in [0.05, 0.1) is 5.56 Å². The second-order valence-corrected chi connectivity index (χ2v) is 4.32. The van der Waals surface area contributed by atoms with Gasteiger partial charge in [0, 0.05) is 5.56 Å². The van der Waals surface area contributed by atoms with Gasteiger partial charge < -0.3 is 10.2 Å². The van der Waals surface area contributed by atoms with Crippen molar-refractivity contribution in [1.29, 1.82) is 0 Å². The van der Waals surface area contributed by atoms with Gasteiger partial charge in [0.1, 0.15) is 16.0 Å². The number of aromatic hydroxyl groups is 1. The molecule has 16 heavy (non-hydrogen) atoms. The van der Waals surface area contributed by atoms with E-state index in [0.29, 0.717) is 5.56 Å². The molecule has 1 aromatic rings. The minimum absolute atomic E-state index is 0.142. The fourth-order valence-electron chi connectivity index (χ4n) is 1.63. The fraction of sp³-hybridized carbons (Fsp3) is 0.0909. The van der Waals surface area contributed by atoms with Crippen molar-refractivity contribution in [2.24, 2.45) is 0 Å². The number of phenols is 1. The van der Waals surface area contributed by atoms with E-state index >= 15 is 0 Å². The van der Waals surface area contributed by atoms with Crippen molar-refractivity contribution < 1.29 is 19.8 Å². The van der Waals surface area contributed by atoms with Crippen LogP contribution in [0.15, 0.2) is 16.6 Å². The first-order valence-electron chi connectivity index (χ1n) is 4.45. The Balaban J connectivity index is 2.86. The molecular formula is C11H7BrO4. The Morgan fingerprint density at radius 1 is 1.12 bits per heavy atom. The van der Waals surface area contributed by atoms with Crippen LogP contribution >= 0.6 is 15.9 Å². The zero-order chi connectivity index (χ0) is 12.0. The van der Waals surface area contributed by atoms with Gasteiger partial charge in [0.15, 0.2) is 0 Å². The van der Waals surface area contributed by atoms with E-state index in [4.69, 9.17) is 0 Å². The van der Waals surface area contributed by atoms with Crippen molar-refractivity contribution in [2.75, 3.05) is 0 Å². The third kappa shape index (κ3) is 1.36. The predicted octanol–water partition coefficient (Wildman–Crippen LogP) is 2.09. The molecule has 0 saturated carbocycles. The molecule has 0 aliphatic heterocycles. The van der Waals surface area contributed by atoms with Crippen LogP contribution in [0.3, 0.4) is 0 Å². The number of aliphatic hydroxyl groups is 1. The Kier molecular flexibility index (Phi) is 2.35. The van der Waals surface area contributed by atoms with Crippen LogP contribution in [-0.4, -0.2) is 21.8 Å². The van der Waals surface area contributed by atoms with E-state index in [1.54, 1.807) is 6.92 Å². The van der Waals surface area contributed by atoms with Gasteiger partial charge in [-0.2, -0.15) is 0 Å². The average molecular weight is 283 g/mol. The number of hydrogen-bond acceptors (Lipinski definition) is 4. The lowest BCUT2D eigenvalue weighted by atomic mass is 9.91. The highest BCUT2D eigenvalue weighted by atomic mass is 79.9. The Morgan fingerprint density at radius 2 is 1.75 bits per heavy atom. The minimum atomic E-state index is -0.857. The summed E-state index contributed by atoms with van der Waals surface area (Å²) in [6.45, 7) is 1.71. The number of hydrogen-bond donors (Lipinski definition) is 2. The largest absolute Gasteiger partial charge is 0.507 e. The maximum Gasteiger partial charge on any atom is 0.244 e. The van der Waals surface area contributed by atoms with Crippen LogP contribution in [0, 0.1) is 6.92 Å². The quantitative estimate of drug-likeness (QED) is 0.715. The van der Waals surface area contributed by atoms with Crippen molar-refractivity contribution in [3.05, 3.63) is 33.3 Å². The lowest BCUT2D eigenvalue weighted by Gasteiger charge is -2.16. The van der Waals surface area contributed by atoms with Crippen LogP contribution in [-0.2, 0) is 4.79 Å². The molecule has 0 spiro atoms. The van der Waals surface area contributed by atoms with E-state index in [0.717, 1.165) is 0 Å². The summed E-state index contributed by atoms with van der Waals surface area (Å²) in [5, 5.41) is 19.3. The highest BCUT2D eigenvalue weighted by Gasteiger charge is 2.33. The standard InChI is InChI=1S/C11H7BrO4/c1-4-2-5-7(6(13)3-4)10(15)11(16)8(12)9(5)14/h2-3,13-14H,1H3. The minimum Gasteiger partial charge on any atom is -0.507 e. The number of carbonyl (C=O) groups excluding carboxylic acids is 2. The monoisotopic (exact) mass is 282 g/mol. The molecule has 1 aliphatic carbocycles. The lowest BCUT2D eigenvalue weighted by Crippen LogP contribution is -2.21. The number of benzene rings is 1. The van der Waals surface area contributed by atoms with Crippen LogP contribution in [0.2, 0.25) is 0 Å². The maximum absolute atomic E-state index is 11.6. The molecule has 0 atom stereocenters. The molecule has 0 unspecified atom stereocenters. The summed E-state index contributed by atoms with van der Waals surface area (Å²) in [5.41, 5.74) is 0.718. The molecule has 0 heterocycles. The van der Waals surface area contributed by atoms with Gasteiger partial charge in [-0.15, -0.1) is 0 Å². The predicted molar refractivity (Wildman–Crippen MR) is 60.7 cm³/mol. The summed E-state index contributed by atoms with van der Waals surface area (Å²) in [6.07, 6.45) is 0. The van der Waals surface area contributed by atoms with Crippen LogP contribution in [0.1, 0.15) is 21.5 Å². The molecular weight excluding hydrogens is 276 g/mol. The third-order valence-corrected chi connectivity index (χ3v) is 3.09. The average Bonchev–Trinajstić information content (AvgIpc) is 2.22. The van der Waals surface area contributed by atoms with Gasteiger partial charge in [0.25, 0.3) is 0 Å². The first kappa shape index (κ1) is 10.9. The van der Waals surface area contributed by atoms with E-state index in [2.05, 4.69) is 15.9 Å². The third-order valence-electron chi connectivity index (χ3n) is 2.36. The molecule has 2 rings (SSSR count). The number of ketones is 2. The van der Waals surface area contributed by atoms with E-state index in [9.17, 15) is 19.8 Å². The smallest absolute Gasteiger partial charge is 0.244 e. The summed E-state index contributed by atoms with van der Waals surface area (Å²) in [5.74, 6) is -2.29. The SMILES string of the molecule is Cc1cc(O)c2c(c1)C(O)=C(Br)C(=O)C2=O. The van der Waals surface area contributed by atoms with Crippen LogP contribution in [0.25, 0.3) is 5.76 Å². The molecule has 5 heteroatoms. The second-order valence-electron chi connectivity index (χ2n) is 3.53. The number of aryl methyl sites for hydroxylation is 1. The molecule has 0 radical (unpaired) electrons. The van der Waals surface area contributed by atoms with Crippen molar-refractivity contribution in [3.8, 4) is 5.75 Å². The zero-order valence-electron chi connectivity index (χ0n) is 8.24.